The van der Waals surface area contributed by atoms with E-state index >= 15 is 0 Å². The monoisotopic (exact) mass is 762 g/mol. The van der Waals surface area contributed by atoms with Gasteiger partial charge in [0.15, 0.2) is 11.3 Å². The first-order valence-corrected chi connectivity index (χ1v) is 15.9. The lowest BCUT2D eigenvalue weighted by Crippen LogP contribution is -2.08. The number of aromatic nitrogens is 8. The summed E-state index contributed by atoms with van der Waals surface area (Å²) >= 11 is 7.26. The number of fused-ring (bicyclic) bond motifs is 2. The summed E-state index contributed by atoms with van der Waals surface area (Å²) in [5.41, 5.74) is 4.01. The van der Waals surface area contributed by atoms with Crippen molar-refractivity contribution in [2.75, 3.05) is 10.6 Å². The largest absolute Gasteiger partial charge is 0.416 e. The van der Waals surface area contributed by atoms with E-state index in [0.29, 0.717) is 50.6 Å². The Labute approximate surface area is 282 Å². The molecule has 2 N–H and O–H groups in total. The van der Waals surface area contributed by atoms with E-state index in [2.05, 4.69) is 57.6 Å². The second-order valence-electron chi connectivity index (χ2n) is 10.7. The van der Waals surface area contributed by atoms with Crippen molar-refractivity contribution in [2.45, 2.75) is 25.4 Å². The molecule has 7 rings (SSSR count). The van der Waals surface area contributed by atoms with Crippen molar-refractivity contribution >= 4 is 66.2 Å². The molecule has 236 valence electrons. The van der Waals surface area contributed by atoms with E-state index in [9.17, 15) is 13.2 Å². The lowest BCUT2D eigenvalue weighted by molar-refractivity contribution is -0.137. The quantitative estimate of drug-likeness (QED) is 0.158. The van der Waals surface area contributed by atoms with Crippen LogP contribution in [0.25, 0.3) is 22.6 Å². The fraction of sp³-hybridized carbons (Fsp3) is 0.125. The zero-order valence-electron chi connectivity index (χ0n) is 24.4. The number of nitrogens with zero attached hydrogens (tertiary/aromatic N) is 8. The normalized spacial score (nSPS) is 12.5. The minimum Gasteiger partial charge on any atom is -0.340 e. The molecule has 0 fully saturated rings. The van der Waals surface area contributed by atoms with Crippen LogP contribution in [0.1, 0.15) is 29.8 Å². The predicted molar refractivity (Wildman–Crippen MR) is 179 cm³/mol. The van der Waals surface area contributed by atoms with Crippen LogP contribution < -0.4 is 10.6 Å². The highest BCUT2D eigenvalue weighted by molar-refractivity contribution is 9.11. The van der Waals surface area contributed by atoms with Crippen LogP contribution in [-0.4, -0.2) is 39.2 Å². The molecule has 0 spiro atoms. The average molecular weight is 764 g/mol. The highest BCUT2D eigenvalue weighted by Crippen LogP contribution is 2.35. The molecule has 0 saturated carbocycles. The van der Waals surface area contributed by atoms with E-state index in [1.807, 2.05) is 31.2 Å². The van der Waals surface area contributed by atoms with Crippen molar-refractivity contribution in [1.82, 2.24) is 39.2 Å². The number of nitrogens with one attached hydrogen (secondary N) is 2. The number of rotatable bonds is 8. The maximum atomic E-state index is 13.6. The van der Waals surface area contributed by atoms with Crippen LogP contribution in [0, 0.1) is 0 Å². The van der Waals surface area contributed by atoms with Gasteiger partial charge in [-0.05, 0) is 68.3 Å². The molecule has 1 atom stereocenters. The molecule has 0 bridgehead atoms. The van der Waals surface area contributed by atoms with Crippen molar-refractivity contribution < 1.29 is 13.2 Å². The summed E-state index contributed by atoms with van der Waals surface area (Å²) < 4.78 is 45.4. The highest BCUT2D eigenvalue weighted by Gasteiger charge is 2.31. The van der Waals surface area contributed by atoms with E-state index in [4.69, 9.17) is 15.1 Å². The summed E-state index contributed by atoms with van der Waals surface area (Å²) in [6.07, 6.45) is 4.37. The van der Waals surface area contributed by atoms with Gasteiger partial charge >= 0.3 is 6.18 Å². The molecule has 6 heterocycles. The van der Waals surface area contributed by atoms with Gasteiger partial charge < -0.3 is 10.6 Å². The number of anilines is 4. The maximum absolute atomic E-state index is 13.6. The lowest BCUT2D eigenvalue weighted by atomic mass is 10.0. The molecule has 0 saturated heterocycles. The Hall–Kier alpha value is -4.89. The second kappa shape index (κ2) is 12.4. The number of pyridine rings is 2. The van der Waals surface area contributed by atoms with Crippen LogP contribution >= 0.6 is 31.9 Å². The molecular weight excluding hydrogens is 741 g/mol. The number of alkyl halides is 3. The third kappa shape index (κ3) is 6.27. The molecule has 10 nitrogen and oxygen atoms in total. The van der Waals surface area contributed by atoms with Crippen LogP contribution in [0.3, 0.4) is 0 Å². The Morgan fingerprint density at radius 2 is 1.60 bits per heavy atom. The van der Waals surface area contributed by atoms with E-state index < -0.39 is 11.7 Å². The van der Waals surface area contributed by atoms with Crippen molar-refractivity contribution in [2.24, 2.45) is 0 Å². The topological polar surface area (TPSA) is 110 Å². The van der Waals surface area contributed by atoms with Crippen molar-refractivity contribution in [3.05, 3.63) is 118 Å². The van der Waals surface area contributed by atoms with Crippen LogP contribution in [0.5, 0.6) is 0 Å². The minimum atomic E-state index is -4.49. The van der Waals surface area contributed by atoms with Gasteiger partial charge in [-0.15, -0.1) is 0 Å². The number of benzene rings is 1. The average Bonchev–Trinajstić information content (AvgIpc) is 3.60. The molecule has 15 heteroatoms. The Morgan fingerprint density at radius 1 is 0.809 bits per heavy atom. The van der Waals surface area contributed by atoms with Gasteiger partial charge in [0.2, 0.25) is 0 Å². The molecule has 0 aliphatic heterocycles. The Morgan fingerprint density at radius 3 is 2.36 bits per heavy atom. The number of halogens is 5. The van der Waals surface area contributed by atoms with Crippen molar-refractivity contribution in [3.63, 3.8) is 0 Å². The molecule has 6 aromatic heterocycles. The molecule has 0 amide bonds. The zero-order chi connectivity index (χ0) is 32.7. The van der Waals surface area contributed by atoms with Gasteiger partial charge in [0.1, 0.15) is 11.6 Å². The predicted octanol–water partition coefficient (Wildman–Crippen LogP) is 8.61. The van der Waals surface area contributed by atoms with Gasteiger partial charge in [0, 0.05) is 60.0 Å². The van der Waals surface area contributed by atoms with E-state index in [1.165, 1.54) is 6.07 Å². The van der Waals surface area contributed by atoms with E-state index in [1.54, 1.807) is 58.2 Å². The van der Waals surface area contributed by atoms with Crippen LogP contribution in [0.15, 0.2) is 101 Å². The molecule has 1 unspecified atom stereocenters. The summed E-state index contributed by atoms with van der Waals surface area (Å²) in [7, 11) is 0. The first-order chi connectivity index (χ1) is 22.6. The standard InChI is InChI=1S/C32H23Br2F3N10/c1-18(24-14-27(41-21-7-10-38-11-8-21)46-30(43-24)23(33)17-40-46)12-26-29(34)31-44-25(19-4-2-5-20(13-19)32(35,36)37)15-28(47(31)45-26)42-22-6-3-9-39-16-22/h2-11,13-18,42H,12H2,1H3,(H,38,41). The van der Waals surface area contributed by atoms with Gasteiger partial charge in [-0.25, -0.2) is 9.97 Å². The minimum absolute atomic E-state index is 0.112. The third-order valence-corrected chi connectivity index (χ3v) is 8.80. The van der Waals surface area contributed by atoms with Crippen molar-refractivity contribution in [3.8, 4) is 11.3 Å². The smallest absolute Gasteiger partial charge is 0.340 e. The van der Waals surface area contributed by atoms with Gasteiger partial charge in [0.05, 0.1) is 44.0 Å². The van der Waals surface area contributed by atoms with Crippen LogP contribution in [-0.2, 0) is 12.6 Å². The summed E-state index contributed by atoms with van der Waals surface area (Å²) in [5, 5.41) is 16.0. The third-order valence-electron chi connectivity index (χ3n) is 7.42. The van der Waals surface area contributed by atoms with Crippen LogP contribution in [0.2, 0.25) is 0 Å². The van der Waals surface area contributed by atoms with Crippen molar-refractivity contribution in [1.29, 1.82) is 0 Å². The van der Waals surface area contributed by atoms with Gasteiger partial charge in [-0.3, -0.25) is 9.97 Å². The SMILES string of the molecule is CC(Cc1nn2c(Nc3cccnc3)cc(-c3cccc(C(F)(F)F)c3)nc2c1Br)c1cc(Nc2ccncc2)n2ncc(Br)c2n1. The summed E-state index contributed by atoms with van der Waals surface area (Å²) in [6.45, 7) is 2.05. The van der Waals surface area contributed by atoms with Gasteiger partial charge in [0.25, 0.3) is 0 Å². The summed E-state index contributed by atoms with van der Waals surface area (Å²) in [4.78, 5) is 17.9. The molecule has 7 aromatic rings. The molecule has 0 aliphatic carbocycles. The van der Waals surface area contributed by atoms with E-state index in [0.717, 1.165) is 33.8 Å². The van der Waals surface area contributed by atoms with Gasteiger partial charge in [-0.2, -0.15) is 32.4 Å². The summed E-state index contributed by atoms with van der Waals surface area (Å²) in [5.74, 6) is 1.11. The van der Waals surface area contributed by atoms with Crippen LogP contribution in [0.4, 0.5) is 36.2 Å². The maximum Gasteiger partial charge on any atom is 0.416 e. The lowest BCUT2D eigenvalue weighted by Gasteiger charge is -2.14. The molecule has 0 aliphatic rings. The van der Waals surface area contributed by atoms with E-state index in [-0.39, 0.29) is 5.92 Å². The molecule has 47 heavy (non-hydrogen) atoms. The second-order valence-corrected chi connectivity index (χ2v) is 12.4. The Balaban J connectivity index is 1.29. The molecule has 1 aromatic carbocycles. The first-order valence-electron chi connectivity index (χ1n) is 14.3. The molecular formula is C32H23Br2F3N10. The first kappa shape index (κ1) is 30.7. The Bertz CT molecular complexity index is 2220. The number of hydrogen-bond acceptors (Lipinski definition) is 8. The Kier molecular flexibility index (Phi) is 8.09. The summed E-state index contributed by atoms with van der Waals surface area (Å²) in [6, 6.07) is 16.1. The zero-order valence-corrected chi connectivity index (χ0v) is 27.6. The highest BCUT2D eigenvalue weighted by atomic mass is 79.9. The fourth-order valence-corrected chi connectivity index (χ4v) is 5.96. The molecule has 0 radical (unpaired) electrons. The van der Waals surface area contributed by atoms with Gasteiger partial charge in [-0.1, -0.05) is 19.1 Å². The number of hydrogen-bond donors (Lipinski definition) is 2. The fourth-order valence-electron chi connectivity index (χ4n) is 5.12.